The molecule has 1 saturated heterocycles. The molecule has 0 aliphatic carbocycles. The van der Waals surface area contributed by atoms with Crippen LogP contribution in [0.3, 0.4) is 0 Å². The number of methoxy groups -OCH3 is 1. The number of hydrogen-bond acceptors (Lipinski definition) is 6. The lowest BCUT2D eigenvalue weighted by molar-refractivity contribution is -0.148. The molecule has 8 heteroatoms. The molecule has 1 fully saturated rings. The fourth-order valence-corrected chi connectivity index (χ4v) is 3.63. The number of benzene rings is 1. The number of esters is 1. The second-order valence-corrected chi connectivity index (χ2v) is 7.31. The molecule has 2 aromatic rings. The normalized spacial score (nSPS) is 16.1. The maximum absolute atomic E-state index is 12.7. The van der Waals surface area contributed by atoms with E-state index < -0.39 is 6.04 Å². The van der Waals surface area contributed by atoms with Crippen LogP contribution in [0.4, 0.5) is 0 Å². The summed E-state index contributed by atoms with van der Waals surface area (Å²) >= 11 is 5.96. The quantitative estimate of drug-likeness (QED) is 0.711. The summed E-state index contributed by atoms with van der Waals surface area (Å²) in [6.45, 7) is 5.90. The molecule has 0 bridgehead atoms. The fourth-order valence-electron chi connectivity index (χ4n) is 3.50. The highest BCUT2D eigenvalue weighted by Crippen LogP contribution is 2.25. The van der Waals surface area contributed by atoms with Crippen molar-refractivity contribution in [2.24, 2.45) is 0 Å². The monoisotopic (exact) mass is 405 g/mol. The van der Waals surface area contributed by atoms with Crippen LogP contribution in [0, 0.1) is 13.8 Å². The standard InChI is InChI=1S/C20H24ClN3O4/c1-13-17(14(2)28-22-13)12-18(25)23-8-10-24(11-9-23)19(20(26)27-3)15-4-6-16(21)7-5-15/h4-7,19H,8-12H2,1-3H3. The van der Waals surface area contributed by atoms with Gasteiger partial charge in [-0.05, 0) is 31.5 Å². The Hall–Kier alpha value is -2.38. The minimum atomic E-state index is -0.512. The molecule has 150 valence electrons. The van der Waals surface area contributed by atoms with E-state index in [2.05, 4.69) is 5.16 Å². The summed E-state index contributed by atoms with van der Waals surface area (Å²) in [4.78, 5) is 28.9. The lowest BCUT2D eigenvalue weighted by atomic mass is 10.0. The zero-order chi connectivity index (χ0) is 20.3. The summed E-state index contributed by atoms with van der Waals surface area (Å²) in [5, 5.41) is 4.52. The van der Waals surface area contributed by atoms with Crippen molar-refractivity contribution in [2.75, 3.05) is 33.3 Å². The zero-order valence-electron chi connectivity index (χ0n) is 16.3. The first kappa shape index (κ1) is 20.4. The molecule has 1 aromatic carbocycles. The van der Waals surface area contributed by atoms with Gasteiger partial charge in [-0.3, -0.25) is 9.69 Å². The fraction of sp³-hybridized carbons (Fsp3) is 0.450. The summed E-state index contributed by atoms with van der Waals surface area (Å²) in [6.07, 6.45) is 0.277. The summed E-state index contributed by atoms with van der Waals surface area (Å²) in [5.74, 6) is 0.394. The average Bonchev–Trinajstić information content (AvgIpc) is 3.02. The van der Waals surface area contributed by atoms with Crippen LogP contribution >= 0.6 is 11.6 Å². The van der Waals surface area contributed by atoms with E-state index in [4.69, 9.17) is 20.9 Å². The van der Waals surface area contributed by atoms with Gasteiger partial charge in [0.1, 0.15) is 11.8 Å². The van der Waals surface area contributed by atoms with Crippen LogP contribution in [-0.2, 0) is 20.7 Å². The highest BCUT2D eigenvalue weighted by molar-refractivity contribution is 6.30. The van der Waals surface area contributed by atoms with E-state index in [1.807, 2.05) is 35.8 Å². The SMILES string of the molecule is COC(=O)C(c1ccc(Cl)cc1)N1CCN(C(=O)Cc2c(C)noc2C)CC1. The largest absolute Gasteiger partial charge is 0.468 e. The Labute approximate surface area is 169 Å². The van der Waals surface area contributed by atoms with Gasteiger partial charge in [0.25, 0.3) is 0 Å². The van der Waals surface area contributed by atoms with Crippen LogP contribution in [0.5, 0.6) is 0 Å². The summed E-state index contributed by atoms with van der Waals surface area (Å²) in [5.41, 5.74) is 2.42. The van der Waals surface area contributed by atoms with Gasteiger partial charge in [-0.25, -0.2) is 4.79 Å². The van der Waals surface area contributed by atoms with Crippen LogP contribution in [0.2, 0.25) is 5.02 Å². The maximum Gasteiger partial charge on any atom is 0.327 e. The molecule has 1 atom stereocenters. The number of carbonyl (C=O) groups is 2. The Kier molecular flexibility index (Phi) is 6.36. The number of aryl methyl sites for hydroxylation is 2. The minimum absolute atomic E-state index is 0.0372. The molecular weight excluding hydrogens is 382 g/mol. The molecule has 1 amide bonds. The number of hydrogen-bond donors (Lipinski definition) is 0. The molecule has 28 heavy (non-hydrogen) atoms. The van der Waals surface area contributed by atoms with Gasteiger partial charge in [0, 0.05) is 36.8 Å². The van der Waals surface area contributed by atoms with Crippen molar-refractivity contribution < 1.29 is 18.8 Å². The lowest BCUT2D eigenvalue weighted by Gasteiger charge is -2.38. The number of nitrogens with zero attached hydrogens (tertiary/aromatic N) is 3. The van der Waals surface area contributed by atoms with E-state index in [0.29, 0.717) is 37.0 Å². The van der Waals surface area contributed by atoms with Crippen molar-refractivity contribution in [1.29, 1.82) is 0 Å². The molecule has 1 aliphatic heterocycles. The third-order valence-corrected chi connectivity index (χ3v) is 5.40. The van der Waals surface area contributed by atoms with E-state index in [9.17, 15) is 9.59 Å². The van der Waals surface area contributed by atoms with E-state index in [1.54, 1.807) is 12.1 Å². The van der Waals surface area contributed by atoms with Crippen LogP contribution in [0.15, 0.2) is 28.8 Å². The average molecular weight is 406 g/mol. The lowest BCUT2D eigenvalue weighted by Crippen LogP contribution is -2.51. The van der Waals surface area contributed by atoms with Crippen molar-refractivity contribution in [1.82, 2.24) is 15.0 Å². The van der Waals surface area contributed by atoms with Gasteiger partial charge >= 0.3 is 5.97 Å². The molecule has 1 unspecified atom stereocenters. The third kappa shape index (κ3) is 4.36. The number of piperazine rings is 1. The maximum atomic E-state index is 12.7. The van der Waals surface area contributed by atoms with Crippen LogP contribution in [-0.4, -0.2) is 60.1 Å². The van der Waals surface area contributed by atoms with E-state index in [-0.39, 0.29) is 18.3 Å². The number of aromatic nitrogens is 1. The first-order chi connectivity index (χ1) is 13.4. The van der Waals surface area contributed by atoms with Crippen molar-refractivity contribution in [3.8, 4) is 0 Å². The summed E-state index contributed by atoms with van der Waals surface area (Å²) < 4.78 is 10.1. The Morgan fingerprint density at radius 1 is 1.18 bits per heavy atom. The number of carbonyl (C=O) groups excluding carboxylic acids is 2. The number of halogens is 1. The van der Waals surface area contributed by atoms with Gasteiger partial charge in [-0.1, -0.05) is 28.9 Å². The molecule has 7 nitrogen and oxygen atoms in total. The van der Waals surface area contributed by atoms with Gasteiger partial charge < -0.3 is 14.2 Å². The minimum Gasteiger partial charge on any atom is -0.468 e. The molecule has 0 spiro atoms. The highest BCUT2D eigenvalue weighted by Gasteiger charge is 2.32. The van der Waals surface area contributed by atoms with Crippen LogP contribution in [0.1, 0.15) is 28.6 Å². The first-order valence-electron chi connectivity index (χ1n) is 9.17. The topological polar surface area (TPSA) is 75.9 Å². The first-order valence-corrected chi connectivity index (χ1v) is 9.55. The van der Waals surface area contributed by atoms with Crippen molar-refractivity contribution in [3.63, 3.8) is 0 Å². The second-order valence-electron chi connectivity index (χ2n) is 6.87. The van der Waals surface area contributed by atoms with Crippen LogP contribution < -0.4 is 0 Å². The van der Waals surface area contributed by atoms with Crippen molar-refractivity contribution in [2.45, 2.75) is 26.3 Å². The highest BCUT2D eigenvalue weighted by atomic mass is 35.5. The van der Waals surface area contributed by atoms with E-state index >= 15 is 0 Å². The zero-order valence-corrected chi connectivity index (χ0v) is 17.0. The number of amides is 1. The Balaban J connectivity index is 1.66. The Bertz CT molecular complexity index is 822. The Morgan fingerprint density at radius 3 is 2.36 bits per heavy atom. The molecule has 0 saturated carbocycles. The van der Waals surface area contributed by atoms with Crippen molar-refractivity contribution in [3.05, 3.63) is 51.9 Å². The van der Waals surface area contributed by atoms with Gasteiger partial charge in [-0.15, -0.1) is 0 Å². The Morgan fingerprint density at radius 2 is 1.82 bits per heavy atom. The van der Waals surface area contributed by atoms with Crippen molar-refractivity contribution >= 4 is 23.5 Å². The molecule has 1 aliphatic rings. The third-order valence-electron chi connectivity index (χ3n) is 5.15. The molecule has 3 rings (SSSR count). The molecular formula is C20H24ClN3O4. The molecule has 1 aromatic heterocycles. The second kappa shape index (κ2) is 8.75. The van der Waals surface area contributed by atoms with Gasteiger partial charge in [0.2, 0.25) is 5.91 Å². The smallest absolute Gasteiger partial charge is 0.327 e. The number of ether oxygens (including phenoxy) is 1. The van der Waals surface area contributed by atoms with Gasteiger partial charge in [0.15, 0.2) is 0 Å². The summed E-state index contributed by atoms with van der Waals surface area (Å²) in [7, 11) is 1.38. The molecule has 0 N–H and O–H groups in total. The van der Waals surface area contributed by atoms with Crippen LogP contribution in [0.25, 0.3) is 0 Å². The summed E-state index contributed by atoms with van der Waals surface area (Å²) in [6, 6.07) is 6.67. The molecule has 2 heterocycles. The predicted molar refractivity (Wildman–Crippen MR) is 104 cm³/mol. The number of rotatable bonds is 5. The van der Waals surface area contributed by atoms with E-state index in [1.165, 1.54) is 7.11 Å². The van der Waals surface area contributed by atoms with Gasteiger partial charge in [-0.2, -0.15) is 0 Å². The predicted octanol–water partition coefficient (Wildman–Crippen LogP) is 2.55. The van der Waals surface area contributed by atoms with Gasteiger partial charge in [0.05, 0.1) is 19.2 Å². The van der Waals surface area contributed by atoms with E-state index in [0.717, 1.165) is 16.8 Å². The molecule has 0 radical (unpaired) electrons.